The third-order valence-electron chi connectivity index (χ3n) is 3.57. The monoisotopic (exact) mass is 302 g/mol. The Kier molecular flexibility index (Phi) is 5.14. The van der Waals surface area contributed by atoms with Crippen molar-refractivity contribution in [2.75, 3.05) is 19.7 Å². The van der Waals surface area contributed by atoms with Crippen molar-refractivity contribution in [3.63, 3.8) is 0 Å². The van der Waals surface area contributed by atoms with Crippen molar-refractivity contribution in [1.29, 1.82) is 0 Å². The SMILES string of the molecule is CC(Cn1ccnc1)NS(=O)(=O)N1CCC(CO)CC1. The first kappa shape index (κ1) is 15.4. The summed E-state index contributed by atoms with van der Waals surface area (Å²) in [4.78, 5) is 3.93. The predicted octanol–water partition coefficient (Wildman–Crippen LogP) is -0.190. The maximum absolute atomic E-state index is 12.2. The number of aliphatic hydroxyl groups is 1. The zero-order valence-corrected chi connectivity index (χ0v) is 12.5. The summed E-state index contributed by atoms with van der Waals surface area (Å²) in [5.41, 5.74) is 0. The molecule has 0 saturated carbocycles. The minimum atomic E-state index is -3.45. The van der Waals surface area contributed by atoms with Crippen LogP contribution < -0.4 is 4.72 Å². The van der Waals surface area contributed by atoms with E-state index in [4.69, 9.17) is 5.11 Å². The minimum absolute atomic E-state index is 0.137. The molecular formula is C12H22N4O3S. The Morgan fingerprint density at radius 1 is 1.45 bits per heavy atom. The summed E-state index contributed by atoms with van der Waals surface area (Å²) >= 11 is 0. The summed E-state index contributed by atoms with van der Waals surface area (Å²) in [5.74, 6) is 0.227. The molecular weight excluding hydrogens is 280 g/mol. The topological polar surface area (TPSA) is 87.5 Å². The first-order chi connectivity index (χ1) is 9.51. The molecule has 0 radical (unpaired) electrons. The standard InChI is InChI=1S/C12H22N4O3S/c1-11(8-15-7-4-13-10-15)14-20(18,19)16-5-2-12(9-17)3-6-16/h4,7,10-12,14,17H,2-3,5-6,8-9H2,1H3. The Morgan fingerprint density at radius 3 is 2.70 bits per heavy atom. The largest absolute Gasteiger partial charge is 0.396 e. The van der Waals surface area contributed by atoms with Crippen LogP contribution in [0.5, 0.6) is 0 Å². The highest BCUT2D eigenvalue weighted by atomic mass is 32.2. The molecule has 2 rings (SSSR count). The highest BCUT2D eigenvalue weighted by Crippen LogP contribution is 2.18. The van der Waals surface area contributed by atoms with Gasteiger partial charge in [0.2, 0.25) is 0 Å². The molecule has 1 aliphatic heterocycles. The summed E-state index contributed by atoms with van der Waals surface area (Å²) < 4.78 is 30.5. The lowest BCUT2D eigenvalue weighted by atomic mass is 10.00. The van der Waals surface area contributed by atoms with Crippen molar-refractivity contribution in [3.05, 3.63) is 18.7 Å². The molecule has 1 unspecified atom stereocenters. The molecule has 0 aromatic carbocycles. The predicted molar refractivity (Wildman–Crippen MR) is 75.1 cm³/mol. The van der Waals surface area contributed by atoms with Crippen LogP contribution in [0.3, 0.4) is 0 Å². The quantitative estimate of drug-likeness (QED) is 0.762. The van der Waals surface area contributed by atoms with Gasteiger partial charge in [-0.15, -0.1) is 0 Å². The second-order valence-electron chi connectivity index (χ2n) is 5.31. The molecule has 1 saturated heterocycles. The molecule has 0 bridgehead atoms. The van der Waals surface area contributed by atoms with Crippen LogP contribution in [0.4, 0.5) is 0 Å². The number of hydrogen-bond donors (Lipinski definition) is 2. The van der Waals surface area contributed by atoms with Crippen LogP contribution in [-0.4, -0.2) is 53.1 Å². The fourth-order valence-electron chi connectivity index (χ4n) is 2.41. The van der Waals surface area contributed by atoms with Gasteiger partial charge in [0.05, 0.1) is 6.33 Å². The van der Waals surface area contributed by atoms with E-state index in [9.17, 15) is 8.42 Å². The second-order valence-corrected chi connectivity index (χ2v) is 7.01. The van der Waals surface area contributed by atoms with Crippen molar-refractivity contribution in [2.24, 2.45) is 5.92 Å². The van der Waals surface area contributed by atoms with Crippen LogP contribution in [0, 0.1) is 5.92 Å². The molecule has 1 aliphatic rings. The summed E-state index contributed by atoms with van der Waals surface area (Å²) in [6.07, 6.45) is 6.57. The zero-order chi connectivity index (χ0) is 14.6. The molecule has 20 heavy (non-hydrogen) atoms. The Balaban J connectivity index is 1.87. The molecule has 114 valence electrons. The number of imidazole rings is 1. The molecule has 0 amide bonds. The van der Waals surface area contributed by atoms with Crippen molar-refractivity contribution >= 4 is 10.2 Å². The van der Waals surface area contributed by atoms with Gasteiger partial charge in [0, 0.05) is 44.7 Å². The lowest BCUT2D eigenvalue weighted by Crippen LogP contribution is -2.48. The summed E-state index contributed by atoms with van der Waals surface area (Å²) in [5, 5.41) is 9.08. The second kappa shape index (κ2) is 6.66. The van der Waals surface area contributed by atoms with E-state index >= 15 is 0 Å². The van der Waals surface area contributed by atoms with Gasteiger partial charge in [-0.25, -0.2) is 4.98 Å². The van der Waals surface area contributed by atoms with E-state index in [1.54, 1.807) is 18.7 Å². The Hall–Kier alpha value is -0.960. The molecule has 7 nitrogen and oxygen atoms in total. The molecule has 8 heteroatoms. The number of nitrogens with zero attached hydrogens (tertiary/aromatic N) is 3. The number of nitrogens with one attached hydrogen (secondary N) is 1. The smallest absolute Gasteiger partial charge is 0.279 e. The van der Waals surface area contributed by atoms with Gasteiger partial charge in [0.15, 0.2) is 0 Å². The van der Waals surface area contributed by atoms with E-state index in [0.29, 0.717) is 32.5 Å². The van der Waals surface area contributed by atoms with Crippen LogP contribution in [0.1, 0.15) is 19.8 Å². The lowest BCUT2D eigenvalue weighted by molar-refractivity contribution is 0.169. The van der Waals surface area contributed by atoms with E-state index < -0.39 is 10.2 Å². The highest BCUT2D eigenvalue weighted by Gasteiger charge is 2.28. The molecule has 1 atom stereocenters. The molecule has 2 N–H and O–H groups in total. The molecule has 0 aliphatic carbocycles. The van der Waals surface area contributed by atoms with Crippen molar-refractivity contribution in [2.45, 2.75) is 32.4 Å². The zero-order valence-electron chi connectivity index (χ0n) is 11.6. The number of aromatic nitrogens is 2. The summed E-state index contributed by atoms with van der Waals surface area (Å²) in [6.45, 7) is 3.46. The van der Waals surface area contributed by atoms with Crippen molar-refractivity contribution < 1.29 is 13.5 Å². The van der Waals surface area contributed by atoms with E-state index in [0.717, 1.165) is 0 Å². The molecule has 2 heterocycles. The number of rotatable bonds is 6. The summed E-state index contributed by atoms with van der Waals surface area (Å²) in [6, 6.07) is -0.204. The normalized spacial score (nSPS) is 20.1. The van der Waals surface area contributed by atoms with Gasteiger partial charge < -0.3 is 9.67 Å². The van der Waals surface area contributed by atoms with Crippen molar-refractivity contribution in [1.82, 2.24) is 18.6 Å². The van der Waals surface area contributed by atoms with Gasteiger partial charge in [0.1, 0.15) is 0 Å². The molecule has 0 spiro atoms. The Bertz CT molecular complexity index is 495. The first-order valence-corrected chi connectivity index (χ1v) is 8.29. The Morgan fingerprint density at radius 2 is 2.15 bits per heavy atom. The van der Waals surface area contributed by atoms with E-state index in [2.05, 4.69) is 9.71 Å². The number of hydrogen-bond acceptors (Lipinski definition) is 4. The van der Waals surface area contributed by atoms with Gasteiger partial charge in [-0.2, -0.15) is 17.4 Å². The summed E-state index contributed by atoms with van der Waals surface area (Å²) in [7, 11) is -3.45. The average Bonchev–Trinajstić information content (AvgIpc) is 2.91. The van der Waals surface area contributed by atoms with Crippen LogP contribution in [-0.2, 0) is 16.8 Å². The van der Waals surface area contributed by atoms with E-state index in [-0.39, 0.29) is 18.6 Å². The maximum Gasteiger partial charge on any atom is 0.279 e. The molecule has 1 aromatic rings. The molecule has 1 aromatic heterocycles. The number of piperidine rings is 1. The third kappa shape index (κ3) is 4.02. The van der Waals surface area contributed by atoms with Crippen molar-refractivity contribution in [3.8, 4) is 0 Å². The fourth-order valence-corrected chi connectivity index (χ4v) is 3.83. The molecule has 1 fully saturated rings. The lowest BCUT2D eigenvalue weighted by Gasteiger charge is -2.31. The van der Waals surface area contributed by atoms with Crippen LogP contribution in [0.2, 0.25) is 0 Å². The first-order valence-electron chi connectivity index (χ1n) is 6.85. The van der Waals surface area contributed by atoms with Gasteiger partial charge in [-0.1, -0.05) is 0 Å². The fraction of sp³-hybridized carbons (Fsp3) is 0.750. The average molecular weight is 302 g/mol. The van der Waals surface area contributed by atoms with Crippen LogP contribution >= 0.6 is 0 Å². The number of aliphatic hydroxyl groups excluding tert-OH is 1. The highest BCUT2D eigenvalue weighted by molar-refractivity contribution is 7.87. The van der Waals surface area contributed by atoms with Crippen LogP contribution in [0.15, 0.2) is 18.7 Å². The maximum atomic E-state index is 12.2. The van der Waals surface area contributed by atoms with Gasteiger partial charge in [0.25, 0.3) is 10.2 Å². The minimum Gasteiger partial charge on any atom is -0.396 e. The third-order valence-corrected chi connectivity index (χ3v) is 5.31. The van der Waals surface area contributed by atoms with Gasteiger partial charge >= 0.3 is 0 Å². The van der Waals surface area contributed by atoms with Gasteiger partial charge in [-0.05, 0) is 25.7 Å². The van der Waals surface area contributed by atoms with Gasteiger partial charge in [-0.3, -0.25) is 0 Å². The van der Waals surface area contributed by atoms with E-state index in [1.807, 2.05) is 11.5 Å². The Labute approximate surface area is 119 Å². The van der Waals surface area contributed by atoms with Crippen LogP contribution in [0.25, 0.3) is 0 Å². The van der Waals surface area contributed by atoms with E-state index in [1.165, 1.54) is 4.31 Å².